The van der Waals surface area contributed by atoms with Crippen LogP contribution in [0.2, 0.25) is 0 Å². The summed E-state index contributed by atoms with van der Waals surface area (Å²) in [5.41, 5.74) is -1.19. The van der Waals surface area contributed by atoms with Gasteiger partial charge in [0, 0.05) is 32.2 Å². The average molecular weight is 283 g/mol. The van der Waals surface area contributed by atoms with Crippen molar-refractivity contribution in [2.45, 2.75) is 50.7 Å². The van der Waals surface area contributed by atoms with E-state index in [2.05, 4.69) is 11.9 Å². The third-order valence-corrected chi connectivity index (χ3v) is 5.07. The summed E-state index contributed by atoms with van der Waals surface area (Å²) in [5, 5.41) is 9.24. The summed E-state index contributed by atoms with van der Waals surface area (Å²) in [4.78, 5) is 29.4. The zero-order valence-electron chi connectivity index (χ0n) is 12.8. The number of hydrogen-bond donors (Lipinski definition) is 1. The van der Waals surface area contributed by atoms with Crippen LogP contribution >= 0.6 is 0 Å². The van der Waals surface area contributed by atoms with E-state index in [1.165, 1.54) is 11.3 Å². The van der Waals surface area contributed by atoms with Gasteiger partial charge in [0.1, 0.15) is 5.54 Å². The second kappa shape index (κ2) is 5.24. The Bertz CT molecular complexity index is 410. The number of carboxylic acid groups (broad SMARTS) is 1. The van der Waals surface area contributed by atoms with E-state index in [9.17, 15) is 14.7 Å². The third-order valence-electron chi connectivity index (χ3n) is 5.07. The average Bonchev–Trinajstić information content (AvgIpc) is 2.61. The van der Waals surface area contributed by atoms with E-state index in [0.29, 0.717) is 25.2 Å². The standard InChI is InChI=1S/C14H25N3O3/c1-14(2,12(18)19)16(4)13(20)17-8-7-10-5-6-11(9-17)15(10)3/h10-11H,5-9H2,1-4H3,(H,18,19). The van der Waals surface area contributed by atoms with Gasteiger partial charge in [-0.05, 0) is 40.2 Å². The molecule has 2 saturated heterocycles. The minimum atomic E-state index is -1.19. The van der Waals surface area contributed by atoms with Gasteiger partial charge in [-0.15, -0.1) is 0 Å². The Morgan fingerprint density at radius 3 is 2.40 bits per heavy atom. The molecule has 0 aliphatic carbocycles. The van der Waals surface area contributed by atoms with E-state index in [0.717, 1.165) is 12.8 Å². The van der Waals surface area contributed by atoms with E-state index < -0.39 is 11.5 Å². The van der Waals surface area contributed by atoms with E-state index in [-0.39, 0.29) is 6.03 Å². The Morgan fingerprint density at radius 1 is 1.20 bits per heavy atom. The summed E-state index contributed by atoms with van der Waals surface area (Å²) in [6, 6.07) is 0.793. The largest absolute Gasteiger partial charge is 0.480 e. The number of carbonyl (C=O) groups is 2. The van der Waals surface area contributed by atoms with Gasteiger partial charge in [0.2, 0.25) is 0 Å². The van der Waals surface area contributed by atoms with Crippen LogP contribution in [0, 0.1) is 0 Å². The van der Waals surface area contributed by atoms with Crippen LogP contribution in [0.25, 0.3) is 0 Å². The molecule has 0 aromatic carbocycles. The molecule has 2 aliphatic rings. The molecule has 0 spiro atoms. The zero-order chi connectivity index (χ0) is 15.1. The van der Waals surface area contributed by atoms with Crippen molar-refractivity contribution < 1.29 is 14.7 Å². The van der Waals surface area contributed by atoms with Crippen LogP contribution in [0.4, 0.5) is 4.79 Å². The van der Waals surface area contributed by atoms with Crippen molar-refractivity contribution in [1.82, 2.24) is 14.7 Å². The monoisotopic (exact) mass is 283 g/mol. The summed E-state index contributed by atoms with van der Waals surface area (Å²) < 4.78 is 0. The highest BCUT2D eigenvalue weighted by Crippen LogP contribution is 2.29. The van der Waals surface area contributed by atoms with Gasteiger partial charge in [-0.1, -0.05) is 0 Å². The number of carboxylic acids is 1. The molecule has 0 aromatic heterocycles. The molecule has 1 N–H and O–H groups in total. The van der Waals surface area contributed by atoms with Crippen LogP contribution in [0.5, 0.6) is 0 Å². The molecule has 20 heavy (non-hydrogen) atoms. The van der Waals surface area contributed by atoms with Crippen LogP contribution in [0.15, 0.2) is 0 Å². The molecule has 2 rings (SSSR count). The number of likely N-dealkylation sites (N-methyl/N-ethyl adjacent to an activating group) is 2. The summed E-state index contributed by atoms with van der Waals surface area (Å²) in [5.74, 6) is -0.984. The highest BCUT2D eigenvalue weighted by atomic mass is 16.4. The fraction of sp³-hybridized carbons (Fsp3) is 0.857. The van der Waals surface area contributed by atoms with Gasteiger partial charge in [0.05, 0.1) is 0 Å². The molecule has 6 nitrogen and oxygen atoms in total. The number of likely N-dealkylation sites (tertiary alicyclic amines) is 1. The van der Waals surface area contributed by atoms with Crippen molar-refractivity contribution in [3.63, 3.8) is 0 Å². The van der Waals surface area contributed by atoms with Crippen molar-refractivity contribution in [3.05, 3.63) is 0 Å². The molecule has 6 heteroatoms. The molecule has 2 aliphatic heterocycles. The number of urea groups is 1. The Kier molecular flexibility index (Phi) is 3.95. The van der Waals surface area contributed by atoms with Gasteiger partial charge in [-0.25, -0.2) is 9.59 Å². The SMILES string of the molecule is CN1C2CCC1CN(C(=O)N(C)C(C)(C)C(=O)O)CC2. The number of carbonyl (C=O) groups excluding carboxylic acids is 1. The minimum absolute atomic E-state index is 0.182. The fourth-order valence-electron chi connectivity index (χ4n) is 3.08. The predicted octanol–water partition coefficient (Wildman–Crippen LogP) is 1.07. The zero-order valence-corrected chi connectivity index (χ0v) is 12.8. The normalized spacial score (nSPS) is 27.3. The second-order valence-corrected chi connectivity index (χ2v) is 6.49. The maximum Gasteiger partial charge on any atom is 0.329 e. The minimum Gasteiger partial charge on any atom is -0.480 e. The van der Waals surface area contributed by atoms with Crippen LogP contribution in [0.3, 0.4) is 0 Å². The molecular weight excluding hydrogens is 258 g/mol. The van der Waals surface area contributed by atoms with Crippen molar-refractivity contribution in [3.8, 4) is 0 Å². The Morgan fingerprint density at radius 2 is 1.80 bits per heavy atom. The first-order chi connectivity index (χ1) is 9.25. The predicted molar refractivity (Wildman–Crippen MR) is 75.6 cm³/mol. The summed E-state index contributed by atoms with van der Waals surface area (Å²) in [7, 11) is 3.70. The van der Waals surface area contributed by atoms with Crippen molar-refractivity contribution in [2.75, 3.05) is 27.2 Å². The van der Waals surface area contributed by atoms with Gasteiger partial charge in [0.15, 0.2) is 0 Å². The van der Waals surface area contributed by atoms with Crippen LogP contribution in [-0.2, 0) is 4.79 Å². The highest BCUT2D eigenvalue weighted by Gasteiger charge is 2.40. The van der Waals surface area contributed by atoms with Crippen LogP contribution in [-0.4, -0.2) is 76.6 Å². The summed E-state index contributed by atoms with van der Waals surface area (Å²) in [6.45, 7) is 4.53. The lowest BCUT2D eigenvalue weighted by atomic mass is 10.0. The number of fused-ring (bicyclic) bond motifs is 2. The molecule has 0 radical (unpaired) electrons. The van der Waals surface area contributed by atoms with Crippen molar-refractivity contribution in [2.24, 2.45) is 0 Å². The van der Waals surface area contributed by atoms with Crippen molar-refractivity contribution in [1.29, 1.82) is 0 Å². The van der Waals surface area contributed by atoms with E-state index in [1.54, 1.807) is 20.9 Å². The molecule has 0 saturated carbocycles. The molecular formula is C14H25N3O3. The topological polar surface area (TPSA) is 64.1 Å². The quantitative estimate of drug-likeness (QED) is 0.823. The lowest BCUT2D eigenvalue weighted by Crippen LogP contribution is -2.56. The van der Waals surface area contributed by atoms with E-state index in [1.807, 2.05) is 4.90 Å². The molecule has 2 heterocycles. The molecule has 0 aromatic rings. The van der Waals surface area contributed by atoms with E-state index in [4.69, 9.17) is 0 Å². The first-order valence-electron chi connectivity index (χ1n) is 7.23. The molecule has 2 atom stereocenters. The van der Waals surface area contributed by atoms with Gasteiger partial charge in [-0.2, -0.15) is 0 Å². The van der Waals surface area contributed by atoms with Crippen LogP contribution in [0.1, 0.15) is 33.1 Å². The molecule has 2 bridgehead atoms. The number of amides is 2. The molecule has 2 amide bonds. The number of nitrogens with zero attached hydrogens (tertiary/aromatic N) is 3. The van der Waals surface area contributed by atoms with Gasteiger partial charge in [0.25, 0.3) is 0 Å². The Balaban J connectivity index is 2.08. The maximum atomic E-state index is 12.6. The molecule has 2 fully saturated rings. The number of aliphatic carboxylic acids is 1. The van der Waals surface area contributed by atoms with Gasteiger partial charge < -0.3 is 14.9 Å². The van der Waals surface area contributed by atoms with Gasteiger partial charge in [-0.3, -0.25) is 4.90 Å². The number of hydrogen-bond acceptors (Lipinski definition) is 3. The van der Waals surface area contributed by atoms with E-state index >= 15 is 0 Å². The molecule has 2 unspecified atom stereocenters. The summed E-state index contributed by atoms with van der Waals surface area (Å²) >= 11 is 0. The first-order valence-corrected chi connectivity index (χ1v) is 7.23. The molecule has 114 valence electrons. The Labute approximate surface area is 120 Å². The first kappa shape index (κ1) is 15.1. The fourth-order valence-corrected chi connectivity index (χ4v) is 3.08. The van der Waals surface area contributed by atoms with Crippen molar-refractivity contribution >= 4 is 12.0 Å². The Hall–Kier alpha value is -1.30. The van der Waals surface area contributed by atoms with Gasteiger partial charge >= 0.3 is 12.0 Å². The highest BCUT2D eigenvalue weighted by molar-refractivity contribution is 5.85. The third kappa shape index (κ3) is 2.49. The second-order valence-electron chi connectivity index (χ2n) is 6.49. The number of rotatable bonds is 2. The lowest BCUT2D eigenvalue weighted by Gasteiger charge is -2.36. The lowest BCUT2D eigenvalue weighted by molar-refractivity contribution is -0.147. The van der Waals surface area contributed by atoms with Crippen LogP contribution < -0.4 is 0 Å². The smallest absolute Gasteiger partial charge is 0.329 e. The maximum absolute atomic E-state index is 12.6. The summed E-state index contributed by atoms with van der Waals surface area (Å²) in [6.07, 6.45) is 3.30.